The lowest BCUT2D eigenvalue weighted by Crippen LogP contribution is -1.89. The maximum Gasteiger partial charge on any atom is 0.156 e. The number of pyridine rings is 2. The molecule has 0 aliphatic heterocycles. The highest BCUT2D eigenvalue weighted by atomic mass is 35.5. The number of halogens is 1. The predicted molar refractivity (Wildman–Crippen MR) is 53.8 cm³/mol. The second-order valence-corrected chi connectivity index (χ2v) is 2.55. The van der Waals surface area contributed by atoms with Crippen molar-refractivity contribution in [3.8, 4) is 5.75 Å². The molecule has 0 atom stereocenters. The predicted octanol–water partition coefficient (Wildman–Crippen LogP) is 1.57. The molecule has 0 spiro atoms. The highest BCUT2D eigenvalue weighted by Crippen LogP contribution is 2.20. The van der Waals surface area contributed by atoms with E-state index in [9.17, 15) is 9.90 Å². The summed E-state index contributed by atoms with van der Waals surface area (Å²) in [5, 5.41) is 9.27. The van der Waals surface area contributed by atoms with Crippen LogP contribution in [0.15, 0.2) is 24.5 Å². The summed E-state index contributed by atoms with van der Waals surface area (Å²) in [4.78, 5) is 18.5. The van der Waals surface area contributed by atoms with Crippen LogP contribution >= 0.6 is 12.4 Å². The second-order valence-electron chi connectivity index (χ2n) is 2.55. The van der Waals surface area contributed by atoms with Crippen molar-refractivity contribution in [1.29, 1.82) is 0 Å². The molecule has 0 aromatic carbocycles. The van der Waals surface area contributed by atoms with E-state index in [0.29, 0.717) is 17.3 Å². The topological polar surface area (TPSA) is 63.1 Å². The zero-order valence-electron chi connectivity index (χ0n) is 7.04. The van der Waals surface area contributed by atoms with Crippen LogP contribution in [0.4, 0.5) is 0 Å². The van der Waals surface area contributed by atoms with Gasteiger partial charge in [0.05, 0.1) is 17.3 Å². The van der Waals surface area contributed by atoms with Crippen molar-refractivity contribution < 1.29 is 9.90 Å². The SMILES string of the molecule is Cl.O=Cc1c(O)cnc2cccnc12. The normalized spacial score (nSPS) is 9.43. The zero-order valence-corrected chi connectivity index (χ0v) is 7.86. The van der Waals surface area contributed by atoms with Gasteiger partial charge in [0.2, 0.25) is 0 Å². The van der Waals surface area contributed by atoms with Gasteiger partial charge in [-0.25, -0.2) is 0 Å². The lowest BCUT2D eigenvalue weighted by atomic mass is 10.2. The van der Waals surface area contributed by atoms with Crippen molar-refractivity contribution in [3.05, 3.63) is 30.1 Å². The standard InChI is InChI=1S/C9H6N2O2.ClH/c12-5-6-8(13)4-11-7-2-1-3-10-9(6)7;/h1-5,13H;1H. The number of carbonyl (C=O) groups excluding carboxylic acids is 1. The molecule has 2 aromatic rings. The summed E-state index contributed by atoms with van der Waals surface area (Å²) in [5.41, 5.74) is 1.21. The van der Waals surface area contributed by atoms with E-state index in [0.717, 1.165) is 0 Å². The highest BCUT2D eigenvalue weighted by molar-refractivity contribution is 5.96. The summed E-state index contributed by atoms with van der Waals surface area (Å²) in [5.74, 6) is -0.138. The smallest absolute Gasteiger partial charge is 0.156 e. The van der Waals surface area contributed by atoms with E-state index in [1.165, 1.54) is 6.20 Å². The number of nitrogens with zero attached hydrogens (tertiary/aromatic N) is 2. The van der Waals surface area contributed by atoms with Crippen molar-refractivity contribution in [1.82, 2.24) is 9.97 Å². The van der Waals surface area contributed by atoms with Crippen molar-refractivity contribution in [2.75, 3.05) is 0 Å². The summed E-state index contributed by atoms with van der Waals surface area (Å²) in [6.07, 6.45) is 3.37. The molecule has 5 heteroatoms. The van der Waals surface area contributed by atoms with E-state index in [4.69, 9.17) is 0 Å². The first kappa shape index (κ1) is 10.4. The number of fused-ring (bicyclic) bond motifs is 1. The number of aldehydes is 1. The molecule has 0 bridgehead atoms. The van der Waals surface area contributed by atoms with Crippen molar-refractivity contribution >= 4 is 29.7 Å². The van der Waals surface area contributed by atoms with Gasteiger partial charge in [0.15, 0.2) is 6.29 Å². The van der Waals surface area contributed by atoms with Crippen LogP contribution in [0.3, 0.4) is 0 Å². The molecule has 0 saturated heterocycles. The Morgan fingerprint density at radius 2 is 2.14 bits per heavy atom. The number of hydrogen-bond acceptors (Lipinski definition) is 4. The van der Waals surface area contributed by atoms with Gasteiger partial charge in [-0.2, -0.15) is 0 Å². The summed E-state index contributed by atoms with van der Waals surface area (Å²) >= 11 is 0. The Morgan fingerprint density at radius 3 is 2.86 bits per heavy atom. The Labute approximate surface area is 86.0 Å². The van der Waals surface area contributed by atoms with Crippen LogP contribution < -0.4 is 0 Å². The van der Waals surface area contributed by atoms with Crippen molar-refractivity contribution in [2.24, 2.45) is 0 Å². The van der Waals surface area contributed by atoms with Crippen LogP contribution in [0.2, 0.25) is 0 Å². The molecule has 1 N–H and O–H groups in total. The third-order valence-corrected chi connectivity index (χ3v) is 1.76. The van der Waals surface area contributed by atoms with Crippen LogP contribution in [0, 0.1) is 0 Å². The van der Waals surface area contributed by atoms with E-state index >= 15 is 0 Å². The summed E-state index contributed by atoms with van der Waals surface area (Å²) in [6.45, 7) is 0. The summed E-state index contributed by atoms with van der Waals surface area (Å²) in [7, 11) is 0. The zero-order chi connectivity index (χ0) is 9.26. The Balaban J connectivity index is 0.000000980. The fourth-order valence-electron chi connectivity index (χ4n) is 1.15. The minimum atomic E-state index is -0.138. The van der Waals surface area contributed by atoms with Gasteiger partial charge in [-0.3, -0.25) is 14.8 Å². The number of aromatic nitrogens is 2. The van der Waals surface area contributed by atoms with E-state index in [1.54, 1.807) is 18.3 Å². The molecular weight excluding hydrogens is 204 g/mol. The molecule has 72 valence electrons. The molecule has 2 rings (SSSR count). The molecule has 0 saturated carbocycles. The molecule has 0 radical (unpaired) electrons. The number of rotatable bonds is 1. The third kappa shape index (κ3) is 1.52. The van der Waals surface area contributed by atoms with E-state index in [2.05, 4.69) is 9.97 Å². The minimum absolute atomic E-state index is 0. The van der Waals surface area contributed by atoms with Gasteiger partial charge in [-0.05, 0) is 12.1 Å². The average Bonchev–Trinajstić information content (AvgIpc) is 2.18. The largest absolute Gasteiger partial charge is 0.505 e. The van der Waals surface area contributed by atoms with Gasteiger partial charge in [0.1, 0.15) is 11.3 Å². The second kappa shape index (κ2) is 4.02. The van der Waals surface area contributed by atoms with Gasteiger partial charge < -0.3 is 5.11 Å². The van der Waals surface area contributed by atoms with Gasteiger partial charge in [-0.15, -0.1) is 12.4 Å². The van der Waals surface area contributed by atoms with E-state index in [1.807, 2.05) is 0 Å². The number of hydrogen-bond donors (Lipinski definition) is 1. The monoisotopic (exact) mass is 210 g/mol. The van der Waals surface area contributed by atoms with Gasteiger partial charge in [0.25, 0.3) is 0 Å². The van der Waals surface area contributed by atoms with Crippen molar-refractivity contribution in [3.63, 3.8) is 0 Å². The highest BCUT2D eigenvalue weighted by Gasteiger charge is 2.06. The molecule has 0 aliphatic carbocycles. The Kier molecular flexibility index (Phi) is 2.99. The first-order valence-electron chi connectivity index (χ1n) is 3.71. The fourth-order valence-corrected chi connectivity index (χ4v) is 1.15. The maximum atomic E-state index is 10.6. The molecule has 0 unspecified atom stereocenters. The lowest BCUT2D eigenvalue weighted by molar-refractivity contribution is 0.112. The van der Waals surface area contributed by atoms with Gasteiger partial charge in [0, 0.05) is 6.20 Å². The first-order chi connectivity index (χ1) is 6.33. The van der Waals surface area contributed by atoms with Crippen LogP contribution in [0.1, 0.15) is 10.4 Å². The molecular formula is C9H7ClN2O2. The number of aromatic hydroxyl groups is 1. The maximum absolute atomic E-state index is 10.6. The lowest BCUT2D eigenvalue weighted by Gasteiger charge is -1.99. The van der Waals surface area contributed by atoms with Gasteiger partial charge >= 0.3 is 0 Å². The molecule has 2 heterocycles. The molecule has 0 aliphatic rings. The number of carbonyl (C=O) groups is 1. The van der Waals surface area contributed by atoms with Crippen LogP contribution in [0.5, 0.6) is 5.75 Å². The first-order valence-corrected chi connectivity index (χ1v) is 3.71. The van der Waals surface area contributed by atoms with Crippen LogP contribution in [-0.2, 0) is 0 Å². The Bertz CT molecular complexity index is 473. The summed E-state index contributed by atoms with van der Waals surface area (Å²) < 4.78 is 0. The van der Waals surface area contributed by atoms with Crippen LogP contribution in [0.25, 0.3) is 11.0 Å². The van der Waals surface area contributed by atoms with Crippen molar-refractivity contribution in [2.45, 2.75) is 0 Å². The van der Waals surface area contributed by atoms with E-state index in [-0.39, 0.29) is 23.7 Å². The molecule has 14 heavy (non-hydrogen) atoms. The Morgan fingerprint density at radius 1 is 1.36 bits per heavy atom. The molecule has 2 aromatic heterocycles. The Hall–Kier alpha value is -1.68. The minimum Gasteiger partial charge on any atom is -0.505 e. The molecule has 0 amide bonds. The average molecular weight is 211 g/mol. The molecule has 0 fully saturated rings. The fraction of sp³-hybridized carbons (Fsp3) is 0. The van der Waals surface area contributed by atoms with Crippen LogP contribution in [-0.4, -0.2) is 21.4 Å². The van der Waals surface area contributed by atoms with Gasteiger partial charge in [-0.1, -0.05) is 0 Å². The third-order valence-electron chi connectivity index (χ3n) is 1.76. The molecule has 4 nitrogen and oxygen atoms in total. The quantitative estimate of drug-likeness (QED) is 0.726. The van der Waals surface area contributed by atoms with E-state index < -0.39 is 0 Å². The summed E-state index contributed by atoms with van der Waals surface area (Å²) in [6, 6.07) is 3.45.